The van der Waals surface area contributed by atoms with Crippen LogP contribution in [0.25, 0.3) is 0 Å². The molecule has 0 saturated heterocycles. The summed E-state index contributed by atoms with van der Waals surface area (Å²) < 4.78 is 15.6. The molecule has 0 heterocycles. The van der Waals surface area contributed by atoms with Crippen molar-refractivity contribution in [1.82, 2.24) is 5.32 Å². The number of amides is 1. The largest absolute Gasteiger partial charge is 0.467 e. The van der Waals surface area contributed by atoms with Crippen molar-refractivity contribution >= 4 is 23.6 Å². The highest BCUT2D eigenvalue weighted by molar-refractivity contribution is 5.89. The third kappa shape index (κ3) is 14.9. The molecule has 0 aromatic carbocycles. The van der Waals surface area contributed by atoms with E-state index in [1.54, 1.807) is 20.8 Å². The van der Waals surface area contributed by atoms with Crippen molar-refractivity contribution in [3.63, 3.8) is 0 Å². The van der Waals surface area contributed by atoms with Crippen molar-refractivity contribution in [2.75, 3.05) is 20.3 Å². The van der Waals surface area contributed by atoms with E-state index in [0.29, 0.717) is 38.9 Å². The van der Waals surface area contributed by atoms with E-state index in [2.05, 4.69) is 5.32 Å². The lowest BCUT2D eigenvalue weighted by Crippen LogP contribution is -2.44. The molecule has 0 spiro atoms. The lowest BCUT2D eigenvalue weighted by Gasteiger charge is -2.19. The first kappa shape index (κ1) is 30.0. The molecule has 1 amide bonds. The maximum atomic E-state index is 12.4. The molecule has 0 aliphatic heterocycles. The predicted molar refractivity (Wildman–Crippen MR) is 122 cm³/mol. The van der Waals surface area contributed by atoms with Gasteiger partial charge in [0.15, 0.2) is 0 Å². The van der Waals surface area contributed by atoms with Gasteiger partial charge >= 0.3 is 11.9 Å². The fourth-order valence-corrected chi connectivity index (χ4v) is 2.86. The number of esters is 2. The Morgan fingerprint density at radius 2 is 1.50 bits per heavy atom. The van der Waals surface area contributed by atoms with Crippen LogP contribution in [0.1, 0.15) is 86.5 Å². The molecule has 0 unspecified atom stereocenters. The molecule has 2 atom stereocenters. The lowest BCUT2D eigenvalue weighted by atomic mass is 9.97. The van der Waals surface area contributed by atoms with Crippen LogP contribution >= 0.6 is 0 Å². The molecule has 0 bridgehead atoms. The highest BCUT2D eigenvalue weighted by Gasteiger charge is 2.25. The number of rotatable bonds is 16. The first-order valence-corrected chi connectivity index (χ1v) is 11.6. The third-order valence-electron chi connectivity index (χ3n) is 4.77. The maximum Gasteiger partial charge on any atom is 0.328 e. The van der Waals surface area contributed by atoms with Crippen LogP contribution in [0.15, 0.2) is 0 Å². The second kappa shape index (κ2) is 15.8. The number of ketones is 1. The number of Topliss-reactive ketones (excluding diaryl/α,β-unsaturated/α-hetero) is 1. The molecule has 186 valence electrons. The number of carbonyl (C=O) groups is 4. The van der Waals surface area contributed by atoms with Crippen LogP contribution in [-0.4, -0.2) is 55.6 Å². The zero-order valence-corrected chi connectivity index (χ0v) is 21.0. The molecular formula is C24H43NO7. The zero-order valence-electron chi connectivity index (χ0n) is 21.0. The molecule has 0 aliphatic carbocycles. The molecule has 0 rings (SSSR count). The first-order chi connectivity index (χ1) is 14.9. The van der Waals surface area contributed by atoms with Gasteiger partial charge in [0.05, 0.1) is 7.11 Å². The van der Waals surface area contributed by atoms with E-state index in [1.165, 1.54) is 7.11 Å². The fourth-order valence-electron chi connectivity index (χ4n) is 2.86. The van der Waals surface area contributed by atoms with Crippen LogP contribution in [0.4, 0.5) is 0 Å². The summed E-state index contributed by atoms with van der Waals surface area (Å²) in [6.45, 7) is 11.9. The van der Waals surface area contributed by atoms with E-state index in [4.69, 9.17) is 14.2 Å². The molecule has 0 fully saturated rings. The summed E-state index contributed by atoms with van der Waals surface area (Å²) in [5.74, 6) is -1.62. The van der Waals surface area contributed by atoms with Gasteiger partial charge in [-0.25, -0.2) is 4.79 Å². The minimum absolute atomic E-state index is 0.0190. The average molecular weight is 458 g/mol. The van der Waals surface area contributed by atoms with Crippen molar-refractivity contribution in [3.05, 3.63) is 0 Å². The van der Waals surface area contributed by atoms with Crippen LogP contribution in [-0.2, 0) is 33.4 Å². The molecule has 8 nitrogen and oxygen atoms in total. The first-order valence-electron chi connectivity index (χ1n) is 11.6. The number of unbranched alkanes of at least 4 members (excludes halogenated alkanes) is 2. The van der Waals surface area contributed by atoms with E-state index >= 15 is 0 Å². The van der Waals surface area contributed by atoms with Gasteiger partial charge in [-0.15, -0.1) is 0 Å². The van der Waals surface area contributed by atoms with Crippen LogP contribution < -0.4 is 5.32 Å². The van der Waals surface area contributed by atoms with Crippen molar-refractivity contribution < 1.29 is 33.4 Å². The summed E-state index contributed by atoms with van der Waals surface area (Å²) >= 11 is 0. The van der Waals surface area contributed by atoms with E-state index in [-0.39, 0.29) is 30.0 Å². The Hall–Kier alpha value is -1.96. The van der Waals surface area contributed by atoms with Crippen molar-refractivity contribution in [2.24, 2.45) is 11.8 Å². The molecule has 0 aromatic rings. The second-order valence-corrected chi connectivity index (χ2v) is 9.46. The molecular weight excluding hydrogens is 414 g/mol. The summed E-state index contributed by atoms with van der Waals surface area (Å²) in [5, 5.41) is 2.71. The van der Waals surface area contributed by atoms with Gasteiger partial charge in [-0.2, -0.15) is 0 Å². The number of hydrogen-bond acceptors (Lipinski definition) is 7. The zero-order chi connectivity index (χ0) is 24.7. The van der Waals surface area contributed by atoms with Gasteiger partial charge in [0.1, 0.15) is 17.4 Å². The van der Waals surface area contributed by atoms with Crippen LogP contribution in [0, 0.1) is 11.8 Å². The van der Waals surface area contributed by atoms with Gasteiger partial charge in [0, 0.05) is 37.9 Å². The summed E-state index contributed by atoms with van der Waals surface area (Å²) in [6, 6.07) is -0.738. The highest BCUT2D eigenvalue weighted by Crippen LogP contribution is 2.12. The quantitative estimate of drug-likeness (QED) is 0.279. The number of carbonyl (C=O) groups excluding carboxylic acids is 4. The summed E-state index contributed by atoms with van der Waals surface area (Å²) in [7, 11) is 1.29. The molecule has 1 N–H and O–H groups in total. The van der Waals surface area contributed by atoms with Gasteiger partial charge < -0.3 is 19.5 Å². The summed E-state index contributed by atoms with van der Waals surface area (Å²) in [4.78, 5) is 47.9. The Balaban J connectivity index is 4.11. The number of hydrogen-bond donors (Lipinski definition) is 1. The summed E-state index contributed by atoms with van der Waals surface area (Å²) in [5.41, 5.74) is -0.460. The van der Waals surface area contributed by atoms with Crippen LogP contribution in [0.3, 0.4) is 0 Å². The smallest absolute Gasteiger partial charge is 0.328 e. The monoisotopic (exact) mass is 457 g/mol. The molecule has 0 radical (unpaired) electrons. The van der Waals surface area contributed by atoms with E-state index in [1.807, 2.05) is 20.8 Å². The summed E-state index contributed by atoms with van der Waals surface area (Å²) in [6.07, 6.45) is 3.86. The average Bonchev–Trinajstić information content (AvgIpc) is 2.69. The Labute approximate surface area is 193 Å². The Kier molecular flexibility index (Phi) is 14.8. The van der Waals surface area contributed by atoms with Gasteiger partial charge in [0.25, 0.3) is 0 Å². The molecule has 0 aromatic heterocycles. The third-order valence-corrected chi connectivity index (χ3v) is 4.77. The molecule has 8 heteroatoms. The fraction of sp³-hybridized carbons (Fsp3) is 0.833. The predicted octanol–water partition coefficient (Wildman–Crippen LogP) is 3.59. The topological polar surface area (TPSA) is 108 Å². The normalized spacial score (nSPS) is 13.4. The van der Waals surface area contributed by atoms with Gasteiger partial charge in [0.2, 0.25) is 5.91 Å². The van der Waals surface area contributed by atoms with Crippen LogP contribution in [0.2, 0.25) is 0 Å². The second-order valence-electron chi connectivity index (χ2n) is 9.46. The van der Waals surface area contributed by atoms with Crippen molar-refractivity contribution in [1.29, 1.82) is 0 Å². The lowest BCUT2D eigenvalue weighted by molar-refractivity contribution is -0.155. The number of nitrogens with one attached hydrogen (secondary N) is 1. The Morgan fingerprint density at radius 1 is 0.906 bits per heavy atom. The van der Waals surface area contributed by atoms with Gasteiger partial charge in [-0.1, -0.05) is 20.8 Å². The van der Waals surface area contributed by atoms with E-state index in [9.17, 15) is 19.2 Å². The van der Waals surface area contributed by atoms with Crippen LogP contribution in [0.5, 0.6) is 0 Å². The van der Waals surface area contributed by atoms with Gasteiger partial charge in [-0.05, 0) is 52.9 Å². The van der Waals surface area contributed by atoms with Crippen molar-refractivity contribution in [3.8, 4) is 0 Å². The highest BCUT2D eigenvalue weighted by atomic mass is 16.6. The molecule has 0 saturated carbocycles. The van der Waals surface area contributed by atoms with E-state index < -0.39 is 23.5 Å². The van der Waals surface area contributed by atoms with Crippen molar-refractivity contribution in [2.45, 2.75) is 98.1 Å². The molecule has 0 aliphatic rings. The minimum Gasteiger partial charge on any atom is -0.467 e. The number of methoxy groups -OCH3 is 1. The minimum atomic E-state index is -0.738. The Bertz CT molecular complexity index is 596. The molecule has 32 heavy (non-hydrogen) atoms. The standard InChI is InChI=1S/C24H43NO7/c1-17(2)20(26)16-18(3)22(28)25-19(23(29)30-7)12-8-10-14-31-15-11-9-13-21(27)32-24(4,5)6/h17-19H,8-16H2,1-7H3,(H,25,28)/t18-,19+/m1/s1. The van der Waals surface area contributed by atoms with Gasteiger partial charge in [-0.3, -0.25) is 14.4 Å². The van der Waals surface area contributed by atoms with E-state index in [0.717, 1.165) is 12.8 Å². The Morgan fingerprint density at radius 3 is 2.03 bits per heavy atom. The number of ether oxygens (including phenoxy) is 3. The maximum absolute atomic E-state index is 12.4. The SMILES string of the molecule is COC(=O)[C@H](CCCCOCCCCC(=O)OC(C)(C)C)NC(=O)[C@H](C)CC(=O)C(C)C.